The normalized spacial score (nSPS) is 10.6. The van der Waals surface area contributed by atoms with E-state index in [1.807, 2.05) is 0 Å². The van der Waals surface area contributed by atoms with Gasteiger partial charge < -0.3 is 9.29 Å². The molecule has 0 unspecified atom stereocenters. The van der Waals surface area contributed by atoms with Crippen molar-refractivity contribution in [3.05, 3.63) is 59.7 Å². The monoisotopic (exact) mass is 303 g/mol. The van der Waals surface area contributed by atoms with Crippen molar-refractivity contribution in [1.82, 2.24) is 0 Å². The minimum absolute atomic E-state index is 0.0360. The van der Waals surface area contributed by atoms with E-state index in [2.05, 4.69) is 0 Å². The van der Waals surface area contributed by atoms with Gasteiger partial charge in [-0.2, -0.15) is 13.7 Å². The van der Waals surface area contributed by atoms with Crippen LogP contribution in [0.15, 0.2) is 53.4 Å². The van der Waals surface area contributed by atoms with Gasteiger partial charge in [0.25, 0.3) is 0 Å². The van der Waals surface area contributed by atoms with Crippen molar-refractivity contribution < 1.29 is 22.5 Å². The lowest BCUT2D eigenvalue weighted by molar-refractivity contribution is 0.0692. The molecule has 0 atom stereocenters. The average Bonchev–Trinajstić information content (AvgIpc) is 2.47. The molecule has 0 saturated carbocycles. The van der Waals surface area contributed by atoms with Crippen LogP contribution >= 0.6 is 0 Å². The van der Waals surface area contributed by atoms with Gasteiger partial charge in [0, 0.05) is 0 Å². The minimum Gasteiger partial charge on any atom is -0.478 e. The molecule has 106 valence electrons. The van der Waals surface area contributed by atoms with Gasteiger partial charge in [-0.3, -0.25) is 0 Å². The van der Waals surface area contributed by atoms with Crippen LogP contribution in [-0.4, -0.2) is 19.5 Å². The topological polar surface area (TPSA) is 104 Å². The SMILES string of the molecule is N#Cc1ccccc1OS(=O)(=O)c1ccccc1C(=O)O. The van der Waals surface area contributed by atoms with Gasteiger partial charge >= 0.3 is 16.1 Å². The van der Waals surface area contributed by atoms with Crippen molar-refractivity contribution in [2.75, 3.05) is 0 Å². The zero-order valence-corrected chi connectivity index (χ0v) is 11.4. The van der Waals surface area contributed by atoms with Gasteiger partial charge in [0.05, 0.1) is 11.1 Å². The molecular formula is C14H9NO5S. The average molecular weight is 303 g/mol. The quantitative estimate of drug-likeness (QED) is 0.866. The second-order valence-electron chi connectivity index (χ2n) is 3.95. The Hall–Kier alpha value is -2.85. The van der Waals surface area contributed by atoms with Crippen LogP contribution in [0.5, 0.6) is 5.75 Å². The van der Waals surface area contributed by atoms with Crippen LogP contribution in [-0.2, 0) is 10.1 Å². The molecule has 1 N–H and O–H groups in total. The fourth-order valence-corrected chi connectivity index (χ4v) is 2.80. The number of carbonyl (C=O) groups is 1. The molecule has 21 heavy (non-hydrogen) atoms. The minimum atomic E-state index is -4.35. The van der Waals surface area contributed by atoms with Gasteiger partial charge in [0.15, 0.2) is 5.75 Å². The first-order valence-electron chi connectivity index (χ1n) is 5.71. The van der Waals surface area contributed by atoms with E-state index in [4.69, 9.17) is 14.6 Å². The predicted molar refractivity (Wildman–Crippen MR) is 72.4 cm³/mol. The first kappa shape index (κ1) is 14.6. The largest absolute Gasteiger partial charge is 0.478 e. The molecule has 0 fully saturated rings. The van der Waals surface area contributed by atoms with E-state index >= 15 is 0 Å². The van der Waals surface area contributed by atoms with E-state index in [1.54, 1.807) is 12.1 Å². The van der Waals surface area contributed by atoms with Crippen LogP contribution in [0.25, 0.3) is 0 Å². The maximum Gasteiger partial charge on any atom is 0.340 e. The summed E-state index contributed by atoms with van der Waals surface area (Å²) in [4.78, 5) is 10.6. The molecule has 0 saturated heterocycles. The Bertz CT molecular complexity index is 836. The first-order valence-corrected chi connectivity index (χ1v) is 7.12. The van der Waals surface area contributed by atoms with Gasteiger partial charge in [-0.15, -0.1) is 0 Å². The van der Waals surface area contributed by atoms with Crippen LogP contribution < -0.4 is 4.18 Å². The summed E-state index contributed by atoms with van der Waals surface area (Å²) in [7, 11) is -4.35. The maximum absolute atomic E-state index is 12.2. The van der Waals surface area contributed by atoms with Crippen molar-refractivity contribution in [1.29, 1.82) is 5.26 Å². The molecule has 6 nitrogen and oxygen atoms in total. The molecule has 0 amide bonds. The predicted octanol–water partition coefficient (Wildman–Crippen LogP) is 2.02. The van der Waals surface area contributed by atoms with E-state index < -0.39 is 26.5 Å². The van der Waals surface area contributed by atoms with Crippen LogP contribution in [0.2, 0.25) is 0 Å². The molecule has 0 bridgehead atoms. The zero-order valence-electron chi connectivity index (χ0n) is 10.6. The molecule has 0 spiro atoms. The number of benzene rings is 2. The molecular weight excluding hydrogens is 294 g/mol. The molecule has 2 aromatic rings. The van der Waals surface area contributed by atoms with Crippen LogP contribution in [0, 0.1) is 11.3 Å². The summed E-state index contributed by atoms with van der Waals surface area (Å²) in [5.41, 5.74) is -0.360. The number of aromatic carboxylic acids is 1. The number of carboxylic acids is 1. The lowest BCUT2D eigenvalue weighted by Gasteiger charge is -2.10. The molecule has 0 aliphatic carbocycles. The van der Waals surface area contributed by atoms with Crippen molar-refractivity contribution in [2.45, 2.75) is 4.90 Å². The third-order valence-electron chi connectivity index (χ3n) is 2.59. The smallest absolute Gasteiger partial charge is 0.340 e. The third-order valence-corrected chi connectivity index (χ3v) is 3.89. The fourth-order valence-electron chi connectivity index (χ4n) is 1.66. The highest BCUT2D eigenvalue weighted by Gasteiger charge is 2.24. The lowest BCUT2D eigenvalue weighted by atomic mass is 10.2. The number of carboxylic acid groups (broad SMARTS) is 1. The molecule has 2 rings (SSSR count). The Morgan fingerprint density at radius 2 is 1.71 bits per heavy atom. The van der Waals surface area contributed by atoms with Gasteiger partial charge in [-0.05, 0) is 24.3 Å². The Morgan fingerprint density at radius 1 is 1.10 bits per heavy atom. The van der Waals surface area contributed by atoms with E-state index in [0.717, 1.165) is 12.1 Å². The van der Waals surface area contributed by atoms with Crippen molar-refractivity contribution in [3.63, 3.8) is 0 Å². The Balaban J connectivity index is 2.50. The number of nitrogens with zero attached hydrogens (tertiary/aromatic N) is 1. The summed E-state index contributed by atoms with van der Waals surface area (Å²) in [5.74, 6) is -1.54. The number of nitriles is 1. The van der Waals surface area contributed by atoms with E-state index in [1.165, 1.54) is 30.3 Å². The van der Waals surface area contributed by atoms with Crippen molar-refractivity contribution >= 4 is 16.1 Å². The Morgan fingerprint density at radius 3 is 2.38 bits per heavy atom. The highest BCUT2D eigenvalue weighted by atomic mass is 32.2. The molecule has 0 aliphatic rings. The Kier molecular flexibility index (Phi) is 3.91. The number of rotatable bonds is 4. The zero-order chi connectivity index (χ0) is 15.5. The second-order valence-corrected chi connectivity index (χ2v) is 5.46. The number of hydrogen-bond donors (Lipinski definition) is 1. The first-order chi connectivity index (χ1) is 9.95. The van der Waals surface area contributed by atoms with Crippen LogP contribution in [0.1, 0.15) is 15.9 Å². The molecule has 0 heterocycles. The van der Waals surface area contributed by atoms with Crippen LogP contribution in [0.4, 0.5) is 0 Å². The summed E-state index contributed by atoms with van der Waals surface area (Å²) < 4.78 is 29.3. The van der Waals surface area contributed by atoms with Gasteiger partial charge in [0.1, 0.15) is 11.0 Å². The molecule has 2 aromatic carbocycles. The van der Waals surface area contributed by atoms with E-state index in [-0.39, 0.29) is 11.3 Å². The number of para-hydroxylation sites is 1. The van der Waals surface area contributed by atoms with Crippen molar-refractivity contribution in [2.24, 2.45) is 0 Å². The van der Waals surface area contributed by atoms with E-state index in [9.17, 15) is 13.2 Å². The van der Waals surface area contributed by atoms with Crippen molar-refractivity contribution in [3.8, 4) is 11.8 Å². The number of hydrogen-bond acceptors (Lipinski definition) is 5. The molecule has 0 aromatic heterocycles. The second kappa shape index (κ2) is 5.64. The summed E-state index contributed by atoms with van der Waals surface area (Å²) in [6, 6.07) is 12.7. The van der Waals surface area contributed by atoms with Gasteiger partial charge in [-0.1, -0.05) is 24.3 Å². The maximum atomic E-state index is 12.2. The highest BCUT2D eigenvalue weighted by molar-refractivity contribution is 7.87. The van der Waals surface area contributed by atoms with Crippen LogP contribution in [0.3, 0.4) is 0 Å². The van der Waals surface area contributed by atoms with Gasteiger partial charge in [0.2, 0.25) is 0 Å². The summed E-state index contributed by atoms with van der Waals surface area (Å²) in [5, 5.41) is 17.9. The highest BCUT2D eigenvalue weighted by Crippen LogP contribution is 2.24. The molecule has 0 radical (unpaired) electrons. The van der Waals surface area contributed by atoms with Gasteiger partial charge in [-0.25, -0.2) is 4.79 Å². The fraction of sp³-hybridized carbons (Fsp3) is 0. The molecule has 0 aliphatic heterocycles. The lowest BCUT2D eigenvalue weighted by Crippen LogP contribution is -2.15. The Labute approximate surface area is 121 Å². The standard InChI is InChI=1S/C14H9NO5S/c15-9-10-5-1-3-7-12(10)20-21(18,19)13-8-4-2-6-11(13)14(16)17/h1-8H,(H,16,17). The summed E-state index contributed by atoms with van der Waals surface area (Å²) >= 11 is 0. The summed E-state index contributed by atoms with van der Waals surface area (Å²) in [6.07, 6.45) is 0. The van der Waals surface area contributed by atoms with E-state index in [0.29, 0.717) is 0 Å². The molecule has 7 heteroatoms. The summed E-state index contributed by atoms with van der Waals surface area (Å²) in [6.45, 7) is 0. The third kappa shape index (κ3) is 3.01.